The van der Waals surface area contributed by atoms with E-state index in [1.54, 1.807) is 0 Å². The topological polar surface area (TPSA) is 76.2 Å². The van der Waals surface area contributed by atoms with Crippen LogP contribution in [0.5, 0.6) is 0 Å². The first-order chi connectivity index (χ1) is 12.6. The van der Waals surface area contributed by atoms with Crippen molar-refractivity contribution in [2.75, 3.05) is 11.9 Å². The summed E-state index contributed by atoms with van der Waals surface area (Å²) in [6, 6.07) is 4.16. The van der Waals surface area contributed by atoms with Gasteiger partial charge in [-0.15, -0.1) is 0 Å². The first-order valence-corrected chi connectivity index (χ1v) is 9.69. The van der Waals surface area contributed by atoms with Crippen LogP contribution in [0.4, 0.5) is 10.6 Å². The highest BCUT2D eigenvalue weighted by atomic mass is 16.5. The van der Waals surface area contributed by atoms with Crippen LogP contribution in [0.25, 0.3) is 0 Å². The summed E-state index contributed by atoms with van der Waals surface area (Å²) >= 11 is 0. The van der Waals surface area contributed by atoms with E-state index in [-0.39, 0.29) is 12.1 Å². The fourth-order valence-electron chi connectivity index (χ4n) is 4.24. The lowest BCUT2D eigenvalue weighted by Gasteiger charge is -2.26. The molecular weight excluding hydrogens is 330 g/mol. The van der Waals surface area contributed by atoms with Gasteiger partial charge in [0.25, 0.3) is 0 Å². The van der Waals surface area contributed by atoms with Gasteiger partial charge in [-0.1, -0.05) is 24.4 Å². The third kappa shape index (κ3) is 3.34. The average molecular weight is 357 g/mol. The fraction of sp³-hybridized carbons (Fsp3) is 0.632. The largest absolute Gasteiger partial charge is 0.359 e. The molecule has 7 heteroatoms. The normalized spacial score (nSPS) is 21.3. The van der Waals surface area contributed by atoms with Crippen LogP contribution in [0.15, 0.2) is 16.7 Å². The van der Waals surface area contributed by atoms with Gasteiger partial charge in [0.05, 0.1) is 23.5 Å². The summed E-state index contributed by atoms with van der Waals surface area (Å²) in [5.41, 5.74) is 1.79. The lowest BCUT2D eigenvalue weighted by molar-refractivity contribution is 0.195. The Kier molecular flexibility index (Phi) is 4.70. The first-order valence-electron chi connectivity index (χ1n) is 9.69. The van der Waals surface area contributed by atoms with Crippen LogP contribution < -0.4 is 5.32 Å². The monoisotopic (exact) mass is 357 g/mol. The Hall–Kier alpha value is -2.31. The van der Waals surface area contributed by atoms with Crippen molar-refractivity contribution in [2.45, 2.75) is 70.9 Å². The molecule has 2 fully saturated rings. The second-order valence-electron chi connectivity index (χ2n) is 7.56. The van der Waals surface area contributed by atoms with Crippen molar-refractivity contribution < 1.29 is 9.32 Å². The zero-order valence-corrected chi connectivity index (χ0v) is 15.6. The molecule has 2 aliphatic rings. The average Bonchev–Trinajstić information content (AvgIpc) is 3.35. The molecule has 1 unspecified atom stereocenters. The number of aromatic nitrogens is 3. The van der Waals surface area contributed by atoms with Crippen molar-refractivity contribution in [1.82, 2.24) is 19.8 Å². The van der Waals surface area contributed by atoms with Crippen molar-refractivity contribution in [2.24, 2.45) is 0 Å². The summed E-state index contributed by atoms with van der Waals surface area (Å²) in [6.45, 7) is 4.61. The summed E-state index contributed by atoms with van der Waals surface area (Å²) in [5, 5.41) is 11.7. The summed E-state index contributed by atoms with van der Waals surface area (Å²) in [5.74, 6) is 1.57. The van der Waals surface area contributed by atoms with E-state index >= 15 is 0 Å². The number of rotatable bonds is 3. The number of urea groups is 1. The zero-order valence-electron chi connectivity index (χ0n) is 15.6. The van der Waals surface area contributed by atoms with Crippen molar-refractivity contribution in [1.29, 1.82) is 0 Å². The number of hydrogen-bond acceptors (Lipinski definition) is 4. The number of amides is 2. The quantitative estimate of drug-likeness (QED) is 0.885. The molecule has 7 nitrogen and oxygen atoms in total. The highest BCUT2D eigenvalue weighted by Crippen LogP contribution is 2.34. The second kappa shape index (κ2) is 7.13. The molecule has 1 N–H and O–H groups in total. The fourth-order valence-corrected chi connectivity index (χ4v) is 4.24. The second-order valence-corrected chi connectivity index (χ2v) is 7.56. The van der Waals surface area contributed by atoms with Gasteiger partial charge in [-0.25, -0.2) is 9.48 Å². The van der Waals surface area contributed by atoms with Gasteiger partial charge in [-0.05, 0) is 39.5 Å². The van der Waals surface area contributed by atoms with Crippen LogP contribution in [0.2, 0.25) is 0 Å². The molecule has 1 aliphatic heterocycles. The highest BCUT2D eigenvalue weighted by Gasteiger charge is 2.33. The SMILES string of the molecule is Cc1cc(C2CCCN2C(=O)Nc2cc(C)nn2C2CCCCC2)on1. The van der Waals surface area contributed by atoms with Gasteiger partial charge in [0.1, 0.15) is 5.82 Å². The van der Waals surface area contributed by atoms with E-state index in [2.05, 4.69) is 15.6 Å². The minimum atomic E-state index is -0.0847. The molecule has 1 saturated carbocycles. The maximum absolute atomic E-state index is 13.0. The van der Waals surface area contributed by atoms with Crippen molar-refractivity contribution in [3.8, 4) is 0 Å². The minimum absolute atomic E-state index is 0.0386. The predicted molar refractivity (Wildman–Crippen MR) is 98.0 cm³/mol. The molecule has 0 radical (unpaired) electrons. The Morgan fingerprint density at radius 3 is 2.65 bits per heavy atom. The van der Waals surface area contributed by atoms with E-state index < -0.39 is 0 Å². The molecule has 0 spiro atoms. The van der Waals surface area contributed by atoms with E-state index in [0.717, 1.165) is 55.2 Å². The lowest BCUT2D eigenvalue weighted by atomic mass is 9.96. The number of hydrogen-bond donors (Lipinski definition) is 1. The minimum Gasteiger partial charge on any atom is -0.359 e. The van der Waals surface area contributed by atoms with Gasteiger partial charge in [-0.3, -0.25) is 5.32 Å². The number of carbonyl (C=O) groups excluding carboxylic acids is 1. The molecular formula is C19H27N5O2. The molecule has 26 heavy (non-hydrogen) atoms. The maximum atomic E-state index is 13.0. The van der Waals surface area contributed by atoms with Gasteiger partial charge in [-0.2, -0.15) is 5.10 Å². The van der Waals surface area contributed by atoms with Crippen molar-refractivity contribution >= 4 is 11.8 Å². The molecule has 4 rings (SSSR count). The number of anilines is 1. The van der Waals surface area contributed by atoms with Crippen LogP contribution in [0, 0.1) is 13.8 Å². The van der Waals surface area contributed by atoms with Crippen molar-refractivity contribution in [3.05, 3.63) is 29.3 Å². The summed E-state index contributed by atoms with van der Waals surface area (Å²) in [7, 11) is 0. The van der Waals surface area contributed by atoms with E-state index in [4.69, 9.17) is 4.52 Å². The van der Waals surface area contributed by atoms with Gasteiger partial charge in [0.2, 0.25) is 0 Å². The standard InChI is InChI=1S/C19H27N5O2/c1-13-12-18(24(21-13)15-7-4-3-5-8-15)20-19(25)23-10-6-9-16(23)17-11-14(2)22-26-17/h11-12,15-16H,3-10H2,1-2H3,(H,20,25). The van der Waals surface area contributed by atoms with Gasteiger partial charge in [0.15, 0.2) is 5.76 Å². The van der Waals surface area contributed by atoms with E-state index in [1.807, 2.05) is 35.6 Å². The number of likely N-dealkylation sites (tertiary alicyclic amines) is 1. The third-order valence-electron chi connectivity index (χ3n) is 5.50. The van der Waals surface area contributed by atoms with Crippen LogP contribution in [-0.2, 0) is 0 Å². The Labute approximate surface area is 153 Å². The molecule has 2 amide bonds. The molecule has 1 aliphatic carbocycles. The van der Waals surface area contributed by atoms with Gasteiger partial charge in [0, 0.05) is 18.7 Å². The molecule has 1 saturated heterocycles. The van der Waals surface area contributed by atoms with E-state index in [1.165, 1.54) is 19.3 Å². The third-order valence-corrected chi connectivity index (χ3v) is 5.50. The Balaban J connectivity index is 1.51. The maximum Gasteiger partial charge on any atom is 0.323 e. The number of nitrogens with one attached hydrogen (secondary N) is 1. The summed E-state index contributed by atoms with van der Waals surface area (Å²) in [4.78, 5) is 14.8. The van der Waals surface area contributed by atoms with Crippen molar-refractivity contribution in [3.63, 3.8) is 0 Å². The van der Waals surface area contributed by atoms with Gasteiger partial charge >= 0.3 is 6.03 Å². The molecule has 0 aromatic carbocycles. The highest BCUT2D eigenvalue weighted by molar-refractivity contribution is 5.89. The van der Waals surface area contributed by atoms with Gasteiger partial charge < -0.3 is 9.42 Å². The van der Waals surface area contributed by atoms with Crippen LogP contribution in [-0.4, -0.2) is 32.4 Å². The lowest BCUT2D eigenvalue weighted by Crippen LogP contribution is -2.35. The summed E-state index contributed by atoms with van der Waals surface area (Å²) in [6.07, 6.45) is 7.90. The number of nitrogens with zero attached hydrogens (tertiary/aromatic N) is 4. The Morgan fingerprint density at radius 2 is 1.92 bits per heavy atom. The molecule has 1 atom stereocenters. The smallest absolute Gasteiger partial charge is 0.323 e. The Bertz CT molecular complexity index is 775. The van der Waals surface area contributed by atoms with Crippen LogP contribution in [0.3, 0.4) is 0 Å². The van der Waals surface area contributed by atoms with E-state index in [0.29, 0.717) is 6.04 Å². The number of aryl methyl sites for hydroxylation is 2. The predicted octanol–water partition coefficient (Wildman–Crippen LogP) is 4.36. The summed E-state index contributed by atoms with van der Waals surface area (Å²) < 4.78 is 7.44. The molecule has 140 valence electrons. The molecule has 0 bridgehead atoms. The van der Waals surface area contributed by atoms with Crippen LogP contribution >= 0.6 is 0 Å². The first kappa shape index (κ1) is 17.1. The number of carbonyl (C=O) groups is 1. The zero-order chi connectivity index (χ0) is 18.1. The molecule has 2 aromatic heterocycles. The Morgan fingerprint density at radius 1 is 1.12 bits per heavy atom. The molecule has 3 heterocycles. The molecule has 2 aromatic rings. The van der Waals surface area contributed by atoms with Crippen LogP contribution in [0.1, 0.15) is 74.2 Å². The van der Waals surface area contributed by atoms with E-state index in [9.17, 15) is 4.79 Å².